The van der Waals surface area contributed by atoms with E-state index in [9.17, 15) is 4.79 Å². The third-order valence-electron chi connectivity index (χ3n) is 4.41. The molecule has 1 aliphatic rings. The lowest BCUT2D eigenvalue weighted by molar-refractivity contribution is -0.134. The normalized spacial score (nSPS) is 16.9. The predicted octanol–water partition coefficient (Wildman–Crippen LogP) is 3.22. The van der Waals surface area contributed by atoms with Gasteiger partial charge in [-0.2, -0.15) is 0 Å². The molecule has 0 bridgehead atoms. The molecule has 1 aliphatic heterocycles. The van der Waals surface area contributed by atoms with Crippen LogP contribution in [0, 0.1) is 0 Å². The lowest BCUT2D eigenvalue weighted by atomic mass is 10.1. The maximum Gasteiger partial charge on any atom is 0.225 e. The van der Waals surface area contributed by atoms with Gasteiger partial charge in [-0.05, 0) is 42.5 Å². The van der Waals surface area contributed by atoms with Crippen molar-refractivity contribution < 1.29 is 9.53 Å². The first kappa shape index (κ1) is 16.7. The lowest BCUT2D eigenvalue weighted by Gasteiger charge is -2.24. The van der Waals surface area contributed by atoms with Crippen LogP contribution in [0.2, 0.25) is 0 Å². The topological polar surface area (TPSA) is 42.4 Å². The molecule has 0 spiro atoms. The Morgan fingerprint density at radius 3 is 2.62 bits per heavy atom. The summed E-state index contributed by atoms with van der Waals surface area (Å²) in [7, 11) is 0. The number of hydrogen-bond donors (Lipinski definition) is 0. The quantitative estimate of drug-likeness (QED) is 0.785. The van der Waals surface area contributed by atoms with Gasteiger partial charge in [0.25, 0.3) is 0 Å². The van der Waals surface area contributed by atoms with E-state index in [4.69, 9.17) is 4.74 Å². The molecule has 1 aromatic heterocycles. The Morgan fingerprint density at radius 2 is 1.92 bits per heavy atom. The minimum atomic E-state index is 0.0918. The molecule has 126 valence electrons. The molecule has 0 radical (unpaired) electrons. The van der Waals surface area contributed by atoms with Gasteiger partial charge in [0.05, 0.1) is 12.5 Å². The van der Waals surface area contributed by atoms with E-state index >= 15 is 0 Å². The van der Waals surface area contributed by atoms with Gasteiger partial charge in [0, 0.05) is 32.1 Å². The largest absolute Gasteiger partial charge is 0.378 e. The minimum absolute atomic E-state index is 0.0918. The van der Waals surface area contributed by atoms with Crippen molar-refractivity contribution in [2.24, 2.45) is 0 Å². The number of carbonyl (C=O) groups excluding carboxylic acids is 1. The molecule has 1 amide bonds. The molecule has 1 atom stereocenters. The van der Waals surface area contributed by atoms with Gasteiger partial charge in [-0.3, -0.25) is 9.78 Å². The molecule has 3 rings (SSSR count). The molecule has 1 fully saturated rings. The Kier molecular flexibility index (Phi) is 5.96. The van der Waals surface area contributed by atoms with Crippen LogP contribution in [-0.4, -0.2) is 35.0 Å². The number of carbonyl (C=O) groups is 1. The zero-order valence-corrected chi connectivity index (χ0v) is 13.9. The zero-order valence-electron chi connectivity index (χ0n) is 13.9. The standard InChI is InChI=1S/C20H24N2O2/c23-20(15-19-7-4-14-24-19)22(16-18-8-11-21-12-9-18)13-10-17-5-2-1-3-6-17/h1-3,5-6,8-9,11-12,19H,4,7,10,13-16H2. The second-order valence-electron chi connectivity index (χ2n) is 6.25. The van der Waals surface area contributed by atoms with Crippen molar-refractivity contribution >= 4 is 5.91 Å². The van der Waals surface area contributed by atoms with Gasteiger partial charge < -0.3 is 9.64 Å². The first-order valence-electron chi connectivity index (χ1n) is 8.63. The summed E-state index contributed by atoms with van der Waals surface area (Å²) in [6, 6.07) is 14.2. The van der Waals surface area contributed by atoms with Crippen LogP contribution in [0.4, 0.5) is 0 Å². The fraction of sp³-hybridized carbons (Fsp3) is 0.400. The number of nitrogens with zero attached hydrogens (tertiary/aromatic N) is 2. The highest BCUT2D eigenvalue weighted by Crippen LogP contribution is 2.17. The second-order valence-corrected chi connectivity index (χ2v) is 6.25. The highest BCUT2D eigenvalue weighted by atomic mass is 16.5. The monoisotopic (exact) mass is 324 g/mol. The molecule has 1 saturated heterocycles. The van der Waals surface area contributed by atoms with Crippen LogP contribution >= 0.6 is 0 Å². The number of ether oxygens (including phenoxy) is 1. The van der Waals surface area contributed by atoms with E-state index in [0.29, 0.717) is 13.0 Å². The number of pyridine rings is 1. The number of aromatic nitrogens is 1. The number of benzene rings is 1. The van der Waals surface area contributed by atoms with Crippen molar-refractivity contribution in [1.29, 1.82) is 0 Å². The summed E-state index contributed by atoms with van der Waals surface area (Å²) >= 11 is 0. The van der Waals surface area contributed by atoms with E-state index in [1.54, 1.807) is 12.4 Å². The van der Waals surface area contributed by atoms with Crippen molar-refractivity contribution in [2.75, 3.05) is 13.2 Å². The van der Waals surface area contributed by atoms with Crippen LogP contribution in [-0.2, 0) is 22.5 Å². The molecular weight excluding hydrogens is 300 g/mol. The SMILES string of the molecule is O=C(CC1CCCO1)N(CCc1ccccc1)Cc1ccncc1. The van der Waals surface area contributed by atoms with E-state index in [-0.39, 0.29) is 12.0 Å². The maximum atomic E-state index is 12.8. The summed E-state index contributed by atoms with van der Waals surface area (Å²) in [5.41, 5.74) is 2.36. The number of hydrogen-bond acceptors (Lipinski definition) is 3. The fourth-order valence-corrected chi connectivity index (χ4v) is 3.04. The summed E-state index contributed by atoms with van der Waals surface area (Å²) in [6.07, 6.45) is 7.04. The molecule has 2 aromatic rings. The first-order valence-corrected chi connectivity index (χ1v) is 8.63. The van der Waals surface area contributed by atoms with Gasteiger partial charge >= 0.3 is 0 Å². The smallest absolute Gasteiger partial charge is 0.225 e. The average Bonchev–Trinajstić information content (AvgIpc) is 3.13. The molecule has 0 aliphatic carbocycles. The average molecular weight is 324 g/mol. The Balaban J connectivity index is 1.63. The third-order valence-corrected chi connectivity index (χ3v) is 4.41. The molecule has 1 unspecified atom stereocenters. The van der Waals surface area contributed by atoms with Gasteiger partial charge in [0.15, 0.2) is 0 Å². The summed E-state index contributed by atoms with van der Waals surface area (Å²) in [4.78, 5) is 18.8. The minimum Gasteiger partial charge on any atom is -0.378 e. The second kappa shape index (κ2) is 8.60. The predicted molar refractivity (Wildman–Crippen MR) is 93.4 cm³/mol. The molecule has 0 N–H and O–H groups in total. The van der Waals surface area contributed by atoms with E-state index in [2.05, 4.69) is 17.1 Å². The number of amides is 1. The van der Waals surface area contributed by atoms with Gasteiger partial charge in [0.1, 0.15) is 0 Å². The van der Waals surface area contributed by atoms with Crippen molar-refractivity contribution in [1.82, 2.24) is 9.88 Å². The Hall–Kier alpha value is -2.20. The van der Waals surface area contributed by atoms with E-state index < -0.39 is 0 Å². The summed E-state index contributed by atoms with van der Waals surface area (Å²) in [5, 5.41) is 0. The summed E-state index contributed by atoms with van der Waals surface area (Å²) in [5.74, 6) is 0.176. The van der Waals surface area contributed by atoms with Crippen molar-refractivity contribution in [3.63, 3.8) is 0 Å². The van der Waals surface area contributed by atoms with Crippen LogP contribution in [0.5, 0.6) is 0 Å². The van der Waals surface area contributed by atoms with Crippen molar-refractivity contribution in [2.45, 2.75) is 38.3 Å². The van der Waals surface area contributed by atoms with E-state index in [1.807, 2.05) is 35.2 Å². The summed E-state index contributed by atoms with van der Waals surface area (Å²) in [6.45, 7) is 2.13. The van der Waals surface area contributed by atoms with Gasteiger partial charge in [0.2, 0.25) is 5.91 Å². The van der Waals surface area contributed by atoms with E-state index in [0.717, 1.165) is 38.0 Å². The zero-order chi connectivity index (χ0) is 16.6. The summed E-state index contributed by atoms with van der Waals surface area (Å²) < 4.78 is 5.63. The Morgan fingerprint density at radius 1 is 1.12 bits per heavy atom. The van der Waals surface area contributed by atoms with Crippen molar-refractivity contribution in [3.05, 3.63) is 66.0 Å². The molecule has 0 saturated carbocycles. The van der Waals surface area contributed by atoms with Crippen LogP contribution in [0.3, 0.4) is 0 Å². The van der Waals surface area contributed by atoms with Crippen LogP contribution in [0.1, 0.15) is 30.4 Å². The lowest BCUT2D eigenvalue weighted by Crippen LogP contribution is -2.34. The third kappa shape index (κ3) is 4.90. The Labute approximate surface area is 143 Å². The van der Waals surface area contributed by atoms with Crippen molar-refractivity contribution in [3.8, 4) is 0 Å². The molecule has 24 heavy (non-hydrogen) atoms. The highest BCUT2D eigenvalue weighted by molar-refractivity contribution is 5.76. The van der Waals surface area contributed by atoms with Crippen LogP contribution < -0.4 is 0 Å². The first-order chi connectivity index (χ1) is 11.8. The van der Waals surface area contributed by atoms with Crippen LogP contribution in [0.25, 0.3) is 0 Å². The molecule has 4 heteroatoms. The van der Waals surface area contributed by atoms with Crippen LogP contribution in [0.15, 0.2) is 54.9 Å². The van der Waals surface area contributed by atoms with Gasteiger partial charge in [-0.25, -0.2) is 0 Å². The molecule has 2 heterocycles. The maximum absolute atomic E-state index is 12.8. The Bertz CT molecular complexity index is 625. The fourth-order valence-electron chi connectivity index (χ4n) is 3.04. The van der Waals surface area contributed by atoms with Gasteiger partial charge in [-0.15, -0.1) is 0 Å². The molecular formula is C20H24N2O2. The highest BCUT2D eigenvalue weighted by Gasteiger charge is 2.22. The number of rotatable bonds is 7. The van der Waals surface area contributed by atoms with Gasteiger partial charge in [-0.1, -0.05) is 30.3 Å². The molecule has 4 nitrogen and oxygen atoms in total. The van der Waals surface area contributed by atoms with E-state index in [1.165, 1.54) is 5.56 Å². The molecule has 1 aromatic carbocycles.